The van der Waals surface area contributed by atoms with Crippen LogP contribution in [0.2, 0.25) is 0 Å². The molecule has 0 bridgehead atoms. The van der Waals surface area contributed by atoms with Crippen LogP contribution < -0.4 is 21.7 Å². The van der Waals surface area contributed by atoms with E-state index in [1.807, 2.05) is 123 Å². The molecule has 2 aromatic carbocycles. The quantitative estimate of drug-likeness (QED) is 0.0730. The molecule has 0 aliphatic carbocycles. The van der Waals surface area contributed by atoms with Gasteiger partial charge in [-0.2, -0.15) is 0 Å². The van der Waals surface area contributed by atoms with Gasteiger partial charge in [-0.3, -0.25) is 48.2 Å². The third kappa shape index (κ3) is 50.3. The van der Waals surface area contributed by atoms with Crippen LogP contribution in [0.5, 0.6) is 0 Å². The molecule has 2 saturated heterocycles. The maximum Gasteiger partial charge on any atom is 0.411 e. The second-order valence-corrected chi connectivity index (χ2v) is 25.2. The van der Waals surface area contributed by atoms with Crippen LogP contribution in [-0.2, 0) is 89.5 Å². The molecule has 2 aliphatic heterocycles. The number of nitrogens with two attached hydrogens (primary N) is 1. The van der Waals surface area contributed by atoms with Crippen molar-refractivity contribution in [1.29, 1.82) is 0 Å². The summed E-state index contributed by atoms with van der Waals surface area (Å²) in [7, 11) is 0. The number of carbonyl (C=O) groups excluding carboxylic acids is 10. The largest absolute Gasteiger partial charge is 0.480 e. The predicted molar refractivity (Wildman–Crippen MR) is 340 cm³/mol. The highest BCUT2D eigenvalue weighted by Crippen LogP contribution is 2.22. The first-order chi connectivity index (χ1) is 40.9. The van der Waals surface area contributed by atoms with Gasteiger partial charge in [0.15, 0.2) is 0 Å². The van der Waals surface area contributed by atoms with E-state index in [4.69, 9.17) is 44.0 Å². The molecule has 2 fully saturated rings. The number of amides is 5. The molecule has 0 aromatic heterocycles. The molecule has 2 heterocycles. The summed E-state index contributed by atoms with van der Waals surface area (Å²) in [5.74, 6) is -3.08. The minimum atomic E-state index is -0.960. The number of esters is 5. The Bertz CT molecular complexity index is 2440. The number of halogens is 1. The van der Waals surface area contributed by atoms with Gasteiger partial charge in [-0.1, -0.05) is 60.7 Å². The molecule has 2 aliphatic rings. The minimum Gasteiger partial charge on any atom is -0.480 e. The number of nitrogens with one attached hydrogen (secondary N) is 3. The molecular formula is C64H105ClN6O19. The van der Waals surface area contributed by atoms with Gasteiger partial charge in [-0.25, -0.2) is 14.4 Å². The average Bonchev–Trinajstić information content (AvgIpc) is 1.80. The van der Waals surface area contributed by atoms with Gasteiger partial charge in [0, 0.05) is 72.9 Å². The van der Waals surface area contributed by atoms with Gasteiger partial charge in [0.1, 0.15) is 53.3 Å². The normalized spacial score (nSPS) is 14.1. The first-order valence-corrected chi connectivity index (χ1v) is 29.6. The van der Waals surface area contributed by atoms with Crippen molar-refractivity contribution < 1.29 is 91.0 Å². The van der Waals surface area contributed by atoms with Crippen molar-refractivity contribution in [3.8, 4) is 0 Å². The molecule has 2 aromatic rings. The number of rotatable bonds is 17. The number of likely N-dealkylation sites (tertiary alicyclic amines) is 2. The second-order valence-electron chi connectivity index (χ2n) is 25.2. The van der Waals surface area contributed by atoms with Crippen LogP contribution >= 0.6 is 12.4 Å². The average molecular weight is 1300 g/mol. The van der Waals surface area contributed by atoms with Crippen LogP contribution in [0.1, 0.15) is 187 Å². The van der Waals surface area contributed by atoms with E-state index in [2.05, 4.69) is 16.0 Å². The van der Waals surface area contributed by atoms with Gasteiger partial charge in [-0.05, 0) is 141 Å². The first kappa shape index (κ1) is 86.7. The van der Waals surface area contributed by atoms with E-state index in [9.17, 15) is 52.7 Å². The zero-order chi connectivity index (χ0) is 68.8. The smallest absolute Gasteiger partial charge is 0.411 e. The molecule has 4 rings (SSSR count). The van der Waals surface area contributed by atoms with E-state index in [0.29, 0.717) is 32.5 Å². The number of aliphatic carboxylic acids is 1. The lowest BCUT2D eigenvalue weighted by Gasteiger charge is -2.28. The first-order valence-electron chi connectivity index (χ1n) is 29.6. The fourth-order valence-corrected chi connectivity index (χ4v) is 7.39. The fraction of sp³-hybridized carbons (Fsp3) is 0.641. The molecule has 26 heteroatoms. The van der Waals surface area contributed by atoms with Gasteiger partial charge in [0.25, 0.3) is 0 Å². The lowest BCUT2D eigenvalue weighted by molar-refractivity contribution is -0.153. The van der Waals surface area contributed by atoms with Gasteiger partial charge >= 0.3 is 48.0 Å². The van der Waals surface area contributed by atoms with Crippen LogP contribution in [0.4, 0.5) is 9.59 Å². The third-order valence-electron chi connectivity index (χ3n) is 10.5. The Kier molecular flexibility index (Phi) is 42.4. The molecule has 0 saturated carbocycles. The maximum absolute atomic E-state index is 12.4. The van der Waals surface area contributed by atoms with Crippen molar-refractivity contribution >= 4 is 78.1 Å². The van der Waals surface area contributed by atoms with Crippen molar-refractivity contribution in [2.75, 3.05) is 39.3 Å². The van der Waals surface area contributed by atoms with Gasteiger partial charge in [0.2, 0.25) is 17.7 Å². The Balaban J connectivity index is -0.00000111. The second kappa shape index (κ2) is 44.0. The summed E-state index contributed by atoms with van der Waals surface area (Å²) in [4.78, 5) is 127. The molecule has 5 amide bonds. The standard InChI is InChI=1S/C23H33N3O6.C13H18N2O3.C10H17NO4.3C6H12O2.ClH/c1-23(2,3)32-22(30)26-15-7-10-18(26)21(29)25-13-11-19(27)24-14-12-20(28)31-16-17-8-5-4-6-9-17;14-8-6-12(16)15-9-7-13(17)18-10-11-4-2-1-3-5-11;1-10(2,3)15-9(14)11-6-4-5-7(11)8(12)13;3*1-5(7)8-6(2,3)4;/h4-6,8-9,18H,7,10-16H2,1-3H3,(H,24,27)(H,25,29);1-5H,6-10,14H2,(H,15,16);7H,4-6H2,1-3H3,(H,12,13);3*1-4H3;1H. The molecule has 0 spiro atoms. The van der Waals surface area contributed by atoms with E-state index in [1.54, 1.807) is 41.5 Å². The Morgan fingerprint density at radius 2 is 0.778 bits per heavy atom. The van der Waals surface area contributed by atoms with E-state index < -0.39 is 47.4 Å². The number of hydrogen-bond donors (Lipinski definition) is 5. The van der Waals surface area contributed by atoms with Gasteiger partial charge in [-0.15, -0.1) is 12.4 Å². The lowest BCUT2D eigenvalue weighted by atomic mass is 10.2. The van der Waals surface area contributed by atoms with Crippen LogP contribution in [0.15, 0.2) is 60.7 Å². The summed E-state index contributed by atoms with van der Waals surface area (Å²) in [5, 5.41) is 16.8. The van der Waals surface area contributed by atoms with Crippen LogP contribution in [0.25, 0.3) is 0 Å². The zero-order valence-electron chi connectivity index (χ0n) is 56.4. The number of nitrogens with zero attached hydrogens (tertiary/aromatic N) is 2. The number of hydrogen-bond acceptors (Lipinski definition) is 19. The topological polar surface area (TPSA) is 341 Å². The molecule has 25 nitrogen and oxygen atoms in total. The monoisotopic (exact) mass is 1300 g/mol. The Morgan fingerprint density at radius 3 is 1.08 bits per heavy atom. The Hall–Kier alpha value is -7.54. The molecule has 0 radical (unpaired) electrons. The zero-order valence-corrected chi connectivity index (χ0v) is 57.2. The summed E-state index contributed by atoms with van der Waals surface area (Å²) in [6, 6.07) is 17.5. The number of carbonyl (C=O) groups is 11. The Labute approximate surface area is 539 Å². The van der Waals surface area contributed by atoms with E-state index in [-0.39, 0.29) is 129 Å². The van der Waals surface area contributed by atoms with Crippen molar-refractivity contribution in [3.63, 3.8) is 0 Å². The van der Waals surface area contributed by atoms with Crippen molar-refractivity contribution in [2.45, 2.75) is 229 Å². The molecule has 2 atom stereocenters. The highest BCUT2D eigenvalue weighted by Gasteiger charge is 2.38. The number of carboxylic acids is 1. The molecule has 2 unspecified atom stereocenters. The number of ether oxygens (including phenoxy) is 7. The molecule has 6 N–H and O–H groups in total. The summed E-state index contributed by atoms with van der Waals surface area (Å²) in [6.07, 6.45) is 2.05. The highest BCUT2D eigenvalue weighted by atomic mass is 35.5. The van der Waals surface area contributed by atoms with Crippen LogP contribution in [-0.4, -0.2) is 160 Å². The molecular weight excluding hydrogens is 1190 g/mol. The summed E-state index contributed by atoms with van der Waals surface area (Å²) < 4.78 is 35.1. The van der Waals surface area contributed by atoms with E-state index in [0.717, 1.165) is 24.0 Å². The van der Waals surface area contributed by atoms with Crippen molar-refractivity contribution in [3.05, 3.63) is 71.8 Å². The van der Waals surface area contributed by atoms with Crippen molar-refractivity contribution in [2.24, 2.45) is 5.73 Å². The van der Waals surface area contributed by atoms with Gasteiger partial charge < -0.3 is 59.9 Å². The van der Waals surface area contributed by atoms with Crippen LogP contribution in [0.3, 0.4) is 0 Å². The highest BCUT2D eigenvalue weighted by molar-refractivity contribution is 5.87. The Morgan fingerprint density at radius 1 is 0.467 bits per heavy atom. The fourth-order valence-electron chi connectivity index (χ4n) is 7.39. The summed E-state index contributed by atoms with van der Waals surface area (Å²) in [5.41, 5.74) is 4.86. The summed E-state index contributed by atoms with van der Waals surface area (Å²) >= 11 is 0. The predicted octanol–water partition coefficient (Wildman–Crippen LogP) is 8.66. The SMILES string of the molecule is CC(=O)OC(C)(C)C.CC(=O)OC(C)(C)C.CC(=O)OC(C)(C)C.CC(C)(C)OC(=O)N1CCCC1C(=O)NCCC(=O)NCCC(=O)OCc1ccccc1.CC(C)(C)OC(=O)N1CCCC1C(=O)O.Cl.NCCC(=O)NCCC(=O)OCc1ccccc1. The lowest BCUT2D eigenvalue weighted by Crippen LogP contribution is -2.48. The molecule has 90 heavy (non-hydrogen) atoms. The van der Waals surface area contributed by atoms with Crippen molar-refractivity contribution in [1.82, 2.24) is 25.8 Å². The van der Waals surface area contributed by atoms with E-state index in [1.165, 1.54) is 30.6 Å². The maximum atomic E-state index is 12.4. The molecule has 512 valence electrons. The third-order valence-corrected chi connectivity index (χ3v) is 10.5. The van der Waals surface area contributed by atoms with Gasteiger partial charge in [0.05, 0.1) is 12.8 Å². The van der Waals surface area contributed by atoms with Crippen LogP contribution in [0, 0.1) is 0 Å². The number of benzene rings is 2. The number of carboxylic acid groups (broad SMARTS) is 1. The minimum absolute atomic E-state index is 0. The summed E-state index contributed by atoms with van der Waals surface area (Å²) in [6.45, 7) is 33.7. The van der Waals surface area contributed by atoms with E-state index >= 15 is 0 Å².